The van der Waals surface area contributed by atoms with E-state index >= 15 is 4.79 Å². The molecule has 2 saturated heterocycles. The number of carbonyl (C=O) groups is 12. The zero-order valence-electron chi connectivity index (χ0n) is 64.1. The molecule has 4 fully saturated rings. The predicted molar refractivity (Wildman–Crippen MR) is 399 cm³/mol. The second-order valence-corrected chi connectivity index (χ2v) is 30.9. The van der Waals surface area contributed by atoms with Gasteiger partial charge < -0.3 is 89.2 Å². The van der Waals surface area contributed by atoms with Gasteiger partial charge in [-0.3, -0.25) is 47.9 Å². The molecular weight excluding hydrogens is 1490 g/mol. The number of nitrogens with one attached hydrogen (secondary N) is 3. The van der Waals surface area contributed by atoms with Crippen LogP contribution in [0.2, 0.25) is 0 Å². The Hall–Kier alpha value is -11.4. The molecule has 30 nitrogen and oxygen atoms in total. The first kappa shape index (κ1) is 81.6. The fourth-order valence-electron chi connectivity index (χ4n) is 17.8. The van der Waals surface area contributed by atoms with Crippen LogP contribution in [-0.2, 0) is 73.1 Å². The van der Waals surface area contributed by atoms with E-state index in [0.717, 1.165) is 20.8 Å². The van der Waals surface area contributed by atoms with Gasteiger partial charge in [0.05, 0.1) is 89.1 Å². The number of aromatic hydroxyl groups is 2. The molecule has 0 aromatic heterocycles. The van der Waals surface area contributed by atoms with Crippen LogP contribution in [0.3, 0.4) is 0 Å². The lowest BCUT2D eigenvalue weighted by molar-refractivity contribution is -0.346. The lowest BCUT2D eigenvalue weighted by Crippen LogP contribution is -2.82. The van der Waals surface area contributed by atoms with Crippen molar-refractivity contribution in [2.45, 2.75) is 184 Å². The summed E-state index contributed by atoms with van der Waals surface area (Å²) >= 11 is 0. The number of hydrogen-bond acceptors (Lipinski definition) is 27. The fourth-order valence-corrected chi connectivity index (χ4v) is 17.8. The molecule has 115 heavy (non-hydrogen) atoms. The molecule has 5 unspecified atom stereocenters. The van der Waals surface area contributed by atoms with Gasteiger partial charge in [0.2, 0.25) is 5.78 Å². The SMILES string of the molecule is COc1cccc2c1C(=O)c1c(O)c3c(c(O)c1C2=O)C[C@@](O)(C(C)=O)C[C@@H]3OC1CC(NC(=O)c2ccccc2C(=O)NCCC(=O)O[C@@H]2C[C@@H]3OC[C@]3(OC(C)=O)C3[C@@H](OC(=O)c4ccccc4)[C@@]4(O)C[C@@H](OC(=O)[C@@H](O)[C@H](NC(=O)c5ccccc5)c5ccccc5)C(C)=C([C@H](OC(C)=O)C(=O)[C@]32C)C4(C)C)C(O)C(C)O1. The number of phenolic OH excluding ortho intramolecular Hbond substituents is 2. The highest BCUT2D eigenvalue weighted by Gasteiger charge is 2.79. The van der Waals surface area contributed by atoms with Crippen LogP contribution in [0.1, 0.15) is 190 Å². The van der Waals surface area contributed by atoms with Crippen LogP contribution in [0.5, 0.6) is 17.2 Å². The van der Waals surface area contributed by atoms with Gasteiger partial charge in [-0.2, -0.15) is 0 Å². The second-order valence-electron chi connectivity index (χ2n) is 30.9. The van der Waals surface area contributed by atoms with E-state index in [1.807, 2.05) is 0 Å². The largest absolute Gasteiger partial charge is 0.507 e. The van der Waals surface area contributed by atoms with Crippen LogP contribution >= 0.6 is 0 Å². The van der Waals surface area contributed by atoms with Gasteiger partial charge in [-0.05, 0) is 86.9 Å². The summed E-state index contributed by atoms with van der Waals surface area (Å²) in [6.45, 7) is 9.33. The Balaban J connectivity index is 0.766. The van der Waals surface area contributed by atoms with E-state index in [0.29, 0.717) is 0 Å². The van der Waals surface area contributed by atoms with Crippen molar-refractivity contribution in [2.24, 2.45) is 16.7 Å². The summed E-state index contributed by atoms with van der Waals surface area (Å²) in [7, 11) is 1.28. The number of fused-ring (bicyclic) bond motifs is 8. The number of rotatable bonds is 21. The minimum Gasteiger partial charge on any atom is -0.507 e. The monoisotopic (exact) mass is 1580 g/mol. The Labute approximate surface area is 658 Å². The standard InChI is InChI=1S/C85H87N3O27/c1-40-54(112-80(104)71(98)65(45-22-13-10-14-23-45)88-76(100)46-24-15-11-16-25-46)38-85(106)75(114-79(103)47-26-17-12-18-27-47)73-82(8,74(99)72(110-43(4)90)64(40)81(85,6)7)56(35-57-84(73,39-108-57)115-44(5)91)113-58(92)32-33-86-77(101)48-28-19-20-29-49(48)78(102)87-52-34-59(109-41(2)66(52)93)111-55-37-83(105,42(3)89)36-51-61(55)70(97)63-62(68(51)95)67(94)50-30-21-31-53(107-9)60(50)69(63)96/h10-31,41,52,54-57,59,65-66,71-73,75,93,95,97-98,105-106H,32-39H2,1-9H3,(H,86,101)(H,87,102)(H,88,100)/t41?,52?,54-,55+,56-,57+,59?,65-,66?,71+,72+,73?,75-,82+,83+,84-,85+/m1/s1. The summed E-state index contributed by atoms with van der Waals surface area (Å²) in [5.41, 5.74) is -13.4. The summed E-state index contributed by atoms with van der Waals surface area (Å²) in [5, 5.41) is 82.0. The highest BCUT2D eigenvalue weighted by molar-refractivity contribution is 6.31. The summed E-state index contributed by atoms with van der Waals surface area (Å²) in [6.07, 6.45) is -20.0. The molecule has 604 valence electrons. The number of aliphatic hydroxyl groups excluding tert-OH is 2. The average Bonchev–Trinajstić information content (AvgIpc) is 0.666. The third-order valence-corrected chi connectivity index (χ3v) is 23.8. The Kier molecular flexibility index (Phi) is 22.3. The summed E-state index contributed by atoms with van der Waals surface area (Å²) in [6, 6.07) is 30.5. The van der Waals surface area contributed by atoms with Crippen molar-refractivity contribution in [1.82, 2.24) is 16.0 Å². The van der Waals surface area contributed by atoms with E-state index in [9.17, 15) is 83.4 Å². The number of methoxy groups -OCH3 is 1. The molecule has 6 aromatic carbocycles. The van der Waals surface area contributed by atoms with E-state index in [2.05, 4.69) is 16.0 Å². The molecule has 0 spiro atoms. The third kappa shape index (κ3) is 14.4. The van der Waals surface area contributed by atoms with Gasteiger partial charge in [-0.25, -0.2) is 9.59 Å². The Bertz CT molecular complexity index is 5010. The molecule has 6 aromatic rings. The number of Topliss-reactive ketones (excluding diaryl/α,β-unsaturated/α-hetero) is 2. The van der Waals surface area contributed by atoms with Gasteiger partial charge in [0, 0.05) is 80.2 Å². The number of ketones is 4. The van der Waals surface area contributed by atoms with E-state index < -0.39 is 245 Å². The summed E-state index contributed by atoms with van der Waals surface area (Å²) in [4.78, 5) is 173. The number of hydrogen-bond donors (Lipinski definition) is 9. The second kappa shape index (κ2) is 31.4. The maximum atomic E-state index is 16.7. The first-order chi connectivity index (χ1) is 54.5. The van der Waals surface area contributed by atoms with Crippen molar-refractivity contribution in [3.05, 3.63) is 206 Å². The van der Waals surface area contributed by atoms with Gasteiger partial charge in [0.15, 0.2) is 41.4 Å². The van der Waals surface area contributed by atoms with Crippen molar-refractivity contribution < 1.29 is 131 Å². The quantitative estimate of drug-likeness (QED) is 0.0174. The number of phenols is 2. The molecule has 3 amide bonds. The molecule has 2 saturated carbocycles. The van der Waals surface area contributed by atoms with Crippen molar-refractivity contribution in [3.8, 4) is 17.2 Å². The highest BCUT2D eigenvalue weighted by Crippen LogP contribution is 2.65. The van der Waals surface area contributed by atoms with E-state index in [4.69, 9.17) is 42.6 Å². The topological polar surface area (TPSA) is 445 Å². The third-order valence-electron chi connectivity index (χ3n) is 23.8. The van der Waals surface area contributed by atoms with E-state index in [1.165, 1.54) is 121 Å². The molecule has 9 N–H and O–H groups in total. The molecule has 0 radical (unpaired) electrons. The molecule has 13 rings (SSSR count). The minimum atomic E-state index is -2.64. The van der Waals surface area contributed by atoms with Crippen LogP contribution in [0.15, 0.2) is 145 Å². The van der Waals surface area contributed by atoms with Crippen molar-refractivity contribution in [3.63, 3.8) is 0 Å². The number of ether oxygens (including phenoxy) is 9. The summed E-state index contributed by atoms with van der Waals surface area (Å²) < 4.78 is 55.6. The van der Waals surface area contributed by atoms with Crippen LogP contribution < -0.4 is 20.7 Å². The maximum absolute atomic E-state index is 16.7. The van der Waals surface area contributed by atoms with Crippen molar-refractivity contribution >= 4 is 70.7 Å². The normalized spacial score (nSPS) is 28.7. The molecule has 2 bridgehead atoms. The van der Waals surface area contributed by atoms with E-state index in [-0.39, 0.29) is 73.4 Å². The first-order valence-corrected chi connectivity index (χ1v) is 37.5. The molecule has 17 atom stereocenters. The average molecular weight is 1580 g/mol. The predicted octanol–water partition coefficient (Wildman–Crippen LogP) is 5.92. The molecule has 2 heterocycles. The van der Waals surface area contributed by atoms with Crippen LogP contribution in [0.4, 0.5) is 0 Å². The molecule has 7 aliphatic rings. The molecular formula is C85H87N3O27. The minimum absolute atomic E-state index is 0.00264. The number of carbonyl (C=O) groups excluding carboxylic acids is 12. The Morgan fingerprint density at radius 2 is 1.30 bits per heavy atom. The first-order valence-electron chi connectivity index (χ1n) is 37.5. The maximum Gasteiger partial charge on any atom is 0.338 e. The Morgan fingerprint density at radius 1 is 0.678 bits per heavy atom. The van der Waals surface area contributed by atoms with Gasteiger partial charge in [-0.15, -0.1) is 0 Å². The van der Waals surface area contributed by atoms with Crippen LogP contribution in [0, 0.1) is 16.7 Å². The number of benzene rings is 6. The lowest BCUT2D eigenvalue weighted by Gasteiger charge is -2.67. The van der Waals surface area contributed by atoms with Gasteiger partial charge in [0.1, 0.15) is 59.0 Å². The highest BCUT2D eigenvalue weighted by atomic mass is 16.7. The number of amides is 3. The zero-order chi connectivity index (χ0) is 82.9. The van der Waals surface area contributed by atoms with Crippen molar-refractivity contribution in [1.29, 1.82) is 0 Å². The van der Waals surface area contributed by atoms with Crippen molar-refractivity contribution in [2.75, 3.05) is 20.3 Å². The number of aliphatic hydroxyl groups is 4. The van der Waals surface area contributed by atoms with Crippen LogP contribution in [-0.4, -0.2) is 200 Å². The van der Waals surface area contributed by atoms with Crippen LogP contribution in [0.25, 0.3) is 0 Å². The smallest absolute Gasteiger partial charge is 0.338 e. The summed E-state index contributed by atoms with van der Waals surface area (Å²) in [5.74, 6) is -14.9. The Morgan fingerprint density at radius 3 is 1.92 bits per heavy atom. The molecule has 2 aliphatic heterocycles. The number of esters is 5. The molecule has 30 heteroatoms. The lowest BCUT2D eigenvalue weighted by atomic mass is 9.44. The van der Waals surface area contributed by atoms with Gasteiger partial charge >= 0.3 is 29.8 Å². The van der Waals surface area contributed by atoms with E-state index in [1.54, 1.807) is 54.6 Å². The fraction of sp³-hybridized carbons (Fsp3) is 0.412. The van der Waals surface area contributed by atoms with Gasteiger partial charge in [-0.1, -0.05) is 105 Å². The molecule has 5 aliphatic carbocycles. The van der Waals surface area contributed by atoms with Gasteiger partial charge in [0.25, 0.3) is 17.7 Å². The zero-order valence-corrected chi connectivity index (χ0v) is 64.1.